The van der Waals surface area contributed by atoms with Crippen LogP contribution in [0.1, 0.15) is 20.9 Å². The fourth-order valence-electron chi connectivity index (χ4n) is 1.71. The number of hydrogen-bond acceptors (Lipinski definition) is 6. The summed E-state index contributed by atoms with van der Waals surface area (Å²) in [5.41, 5.74) is 8.78. The second kappa shape index (κ2) is 6.23. The van der Waals surface area contributed by atoms with Crippen LogP contribution in [0.2, 0.25) is 0 Å². The van der Waals surface area contributed by atoms with E-state index in [2.05, 4.69) is 15.5 Å². The number of carbonyl (C=O) groups excluding carboxylic acids is 1. The number of nitrogens with two attached hydrogens (primary N) is 1. The zero-order valence-corrected chi connectivity index (χ0v) is 12.3. The van der Waals surface area contributed by atoms with Gasteiger partial charge in [0.25, 0.3) is 5.91 Å². The molecule has 1 amide bonds. The van der Waals surface area contributed by atoms with Gasteiger partial charge in [0, 0.05) is 5.56 Å². The average Bonchev–Trinajstić information content (AvgIpc) is 2.93. The predicted molar refractivity (Wildman–Crippen MR) is 80.3 cm³/mol. The van der Waals surface area contributed by atoms with Gasteiger partial charge in [0.05, 0.1) is 24.0 Å². The van der Waals surface area contributed by atoms with Gasteiger partial charge < -0.3 is 21.0 Å². The molecule has 2 aromatic rings. The molecule has 1 aromatic carbocycles. The molecule has 0 aliphatic heterocycles. The van der Waals surface area contributed by atoms with E-state index in [1.165, 1.54) is 18.4 Å². The first kappa shape index (κ1) is 14.8. The Bertz CT molecular complexity index is 696. The Morgan fingerprint density at radius 2 is 2.29 bits per heavy atom. The molecule has 21 heavy (non-hydrogen) atoms. The van der Waals surface area contributed by atoms with Crippen LogP contribution in [-0.2, 0) is 0 Å². The monoisotopic (exact) mass is 306 g/mol. The lowest BCUT2D eigenvalue weighted by atomic mass is 10.1. The van der Waals surface area contributed by atoms with Gasteiger partial charge in [0.1, 0.15) is 10.6 Å². The first-order chi connectivity index (χ1) is 10.1. The number of methoxy groups -OCH3 is 1. The number of amides is 1. The minimum Gasteiger partial charge on any atom is -0.495 e. The molecule has 0 saturated heterocycles. The summed E-state index contributed by atoms with van der Waals surface area (Å²) in [4.78, 5) is 16.7. The van der Waals surface area contributed by atoms with Crippen LogP contribution in [0.25, 0.3) is 0 Å². The van der Waals surface area contributed by atoms with E-state index in [1.807, 2.05) is 0 Å². The number of aryl methyl sites for hydroxylation is 1. The highest BCUT2D eigenvalue weighted by molar-refractivity contribution is 7.12. The maximum Gasteiger partial charge on any atom is 0.267 e. The Hall–Kier alpha value is -2.61. The summed E-state index contributed by atoms with van der Waals surface area (Å²) in [7, 11) is 1.47. The van der Waals surface area contributed by atoms with Crippen LogP contribution in [-0.4, -0.2) is 29.0 Å². The molecule has 0 spiro atoms. The minimum absolute atomic E-state index is 0.0375. The third kappa shape index (κ3) is 3.11. The van der Waals surface area contributed by atoms with Crippen molar-refractivity contribution < 1.29 is 14.7 Å². The molecule has 0 atom stereocenters. The fraction of sp³-hybridized carbons (Fsp3) is 0.154. The Labute approximate surface area is 125 Å². The highest BCUT2D eigenvalue weighted by Crippen LogP contribution is 2.26. The molecule has 4 N–H and O–H groups in total. The lowest BCUT2D eigenvalue weighted by molar-refractivity contribution is 0.102. The Morgan fingerprint density at radius 3 is 2.86 bits per heavy atom. The number of oxime groups is 1. The number of thiazole rings is 1. The molecule has 1 aromatic heterocycles. The summed E-state index contributed by atoms with van der Waals surface area (Å²) in [6.07, 6.45) is 0. The highest BCUT2D eigenvalue weighted by atomic mass is 32.1. The number of hydrogen-bond donors (Lipinski definition) is 3. The molecule has 0 fully saturated rings. The topological polar surface area (TPSA) is 110 Å². The van der Waals surface area contributed by atoms with E-state index < -0.39 is 0 Å². The largest absolute Gasteiger partial charge is 0.495 e. The standard InChI is InChI=1S/C13H14N4O3S/c1-7-11(21-6-15-7)13(18)16-9-4-3-8(12(14)17-19)5-10(9)20-2/h3-6,19H,1-2H3,(H2,14,17)(H,16,18). The van der Waals surface area contributed by atoms with Crippen LogP contribution >= 0.6 is 11.3 Å². The quantitative estimate of drug-likeness (QED) is 0.345. The average molecular weight is 306 g/mol. The van der Waals surface area contributed by atoms with Crippen LogP contribution in [0, 0.1) is 6.92 Å². The molecular formula is C13H14N4O3S. The normalized spacial score (nSPS) is 11.2. The van der Waals surface area contributed by atoms with E-state index in [4.69, 9.17) is 15.7 Å². The molecule has 1 heterocycles. The zero-order valence-electron chi connectivity index (χ0n) is 11.5. The smallest absolute Gasteiger partial charge is 0.267 e. The fourth-order valence-corrected chi connectivity index (χ4v) is 2.41. The zero-order chi connectivity index (χ0) is 15.4. The Balaban J connectivity index is 2.28. The van der Waals surface area contributed by atoms with Crippen molar-refractivity contribution in [3.05, 3.63) is 39.8 Å². The van der Waals surface area contributed by atoms with Crippen molar-refractivity contribution in [1.29, 1.82) is 0 Å². The number of benzene rings is 1. The lowest BCUT2D eigenvalue weighted by Crippen LogP contribution is -2.15. The van der Waals surface area contributed by atoms with Crippen LogP contribution in [0.4, 0.5) is 5.69 Å². The summed E-state index contributed by atoms with van der Waals surface area (Å²) in [6, 6.07) is 4.82. The number of amidine groups is 1. The maximum atomic E-state index is 12.2. The number of rotatable bonds is 4. The van der Waals surface area contributed by atoms with Crippen LogP contribution in [0.3, 0.4) is 0 Å². The van der Waals surface area contributed by atoms with Gasteiger partial charge in [-0.05, 0) is 25.1 Å². The van der Waals surface area contributed by atoms with E-state index in [0.29, 0.717) is 27.6 Å². The van der Waals surface area contributed by atoms with Crippen molar-refractivity contribution in [1.82, 2.24) is 4.98 Å². The van der Waals surface area contributed by atoms with E-state index >= 15 is 0 Å². The predicted octanol–water partition coefficient (Wildman–Crippen LogP) is 1.81. The molecule has 0 aliphatic rings. The van der Waals surface area contributed by atoms with Gasteiger partial charge in [-0.25, -0.2) is 4.98 Å². The SMILES string of the molecule is COc1cc(/C(N)=N/O)ccc1NC(=O)c1scnc1C. The van der Waals surface area contributed by atoms with Gasteiger partial charge in [0.2, 0.25) is 0 Å². The molecule has 0 bridgehead atoms. The minimum atomic E-state index is -0.259. The molecule has 8 heteroatoms. The van der Waals surface area contributed by atoms with Crippen molar-refractivity contribution in [2.75, 3.05) is 12.4 Å². The second-order valence-corrected chi connectivity index (χ2v) is 4.98. The molecule has 0 unspecified atom stereocenters. The molecular weight excluding hydrogens is 292 g/mol. The van der Waals surface area contributed by atoms with Crippen molar-refractivity contribution in [3.8, 4) is 5.75 Å². The van der Waals surface area contributed by atoms with Gasteiger partial charge >= 0.3 is 0 Å². The molecule has 0 saturated carbocycles. The van der Waals surface area contributed by atoms with E-state index in [-0.39, 0.29) is 11.7 Å². The number of nitrogens with zero attached hydrogens (tertiary/aromatic N) is 2. The van der Waals surface area contributed by atoms with E-state index in [1.54, 1.807) is 30.6 Å². The summed E-state index contributed by atoms with van der Waals surface area (Å²) < 4.78 is 5.21. The van der Waals surface area contributed by atoms with E-state index in [0.717, 1.165) is 0 Å². The molecule has 0 radical (unpaired) electrons. The van der Waals surface area contributed by atoms with Gasteiger partial charge in [-0.3, -0.25) is 4.79 Å². The molecule has 7 nitrogen and oxygen atoms in total. The molecule has 0 aliphatic carbocycles. The second-order valence-electron chi connectivity index (χ2n) is 4.12. The Kier molecular flexibility index (Phi) is 4.39. The number of carbonyl (C=O) groups is 1. The van der Waals surface area contributed by atoms with Gasteiger partial charge in [-0.1, -0.05) is 5.16 Å². The molecule has 110 valence electrons. The number of ether oxygens (including phenoxy) is 1. The van der Waals surface area contributed by atoms with Gasteiger partial charge in [-0.2, -0.15) is 0 Å². The first-order valence-corrected chi connectivity index (χ1v) is 6.82. The summed E-state index contributed by atoms with van der Waals surface area (Å²) in [5.74, 6) is 0.115. The van der Waals surface area contributed by atoms with Crippen LogP contribution < -0.4 is 15.8 Å². The summed E-state index contributed by atoms with van der Waals surface area (Å²) >= 11 is 1.27. The van der Waals surface area contributed by atoms with E-state index in [9.17, 15) is 4.79 Å². The highest BCUT2D eigenvalue weighted by Gasteiger charge is 2.15. The number of aromatic nitrogens is 1. The van der Waals surface area contributed by atoms with Crippen molar-refractivity contribution in [2.45, 2.75) is 6.92 Å². The Morgan fingerprint density at radius 1 is 1.52 bits per heavy atom. The van der Waals surface area contributed by atoms with Crippen molar-refractivity contribution >= 4 is 28.8 Å². The first-order valence-electron chi connectivity index (χ1n) is 5.94. The number of anilines is 1. The maximum absolute atomic E-state index is 12.2. The number of nitrogens with one attached hydrogen (secondary N) is 1. The lowest BCUT2D eigenvalue weighted by Gasteiger charge is -2.11. The third-order valence-corrected chi connectivity index (χ3v) is 3.73. The summed E-state index contributed by atoms with van der Waals surface area (Å²) in [5, 5.41) is 14.3. The molecule has 2 rings (SSSR count). The van der Waals surface area contributed by atoms with Crippen LogP contribution in [0.5, 0.6) is 5.75 Å². The van der Waals surface area contributed by atoms with Gasteiger partial charge in [0.15, 0.2) is 5.84 Å². The van der Waals surface area contributed by atoms with Gasteiger partial charge in [-0.15, -0.1) is 11.3 Å². The third-order valence-electron chi connectivity index (χ3n) is 2.80. The van der Waals surface area contributed by atoms with Crippen molar-refractivity contribution in [3.63, 3.8) is 0 Å². The summed E-state index contributed by atoms with van der Waals surface area (Å²) in [6.45, 7) is 1.77. The van der Waals surface area contributed by atoms with Crippen molar-refractivity contribution in [2.24, 2.45) is 10.9 Å². The van der Waals surface area contributed by atoms with Crippen LogP contribution in [0.15, 0.2) is 28.9 Å².